The Hall–Kier alpha value is -2.97. The highest BCUT2D eigenvalue weighted by molar-refractivity contribution is 7.17. The molecule has 35 heavy (non-hydrogen) atoms. The zero-order chi connectivity index (χ0) is 24.9. The number of aromatic nitrogens is 2. The highest BCUT2D eigenvalue weighted by atomic mass is 32.1. The minimum absolute atomic E-state index is 0.0486. The fourth-order valence-electron chi connectivity index (χ4n) is 4.45. The number of rotatable bonds is 9. The molecule has 0 saturated carbocycles. The topological polar surface area (TPSA) is 79.4 Å². The highest BCUT2D eigenvalue weighted by Gasteiger charge is 2.25. The molecule has 7 nitrogen and oxygen atoms in total. The fourth-order valence-corrected chi connectivity index (χ4v) is 5.35. The maximum absolute atomic E-state index is 12.5. The predicted molar refractivity (Wildman–Crippen MR) is 143 cm³/mol. The van der Waals surface area contributed by atoms with Crippen LogP contribution in [0.5, 0.6) is 5.75 Å². The number of amides is 1. The second-order valence-corrected chi connectivity index (χ2v) is 10.5. The summed E-state index contributed by atoms with van der Waals surface area (Å²) in [7, 11) is 5.86. The van der Waals surface area contributed by atoms with Gasteiger partial charge in [-0.05, 0) is 76.5 Å². The van der Waals surface area contributed by atoms with Gasteiger partial charge in [-0.3, -0.25) is 4.79 Å². The monoisotopic (exact) mass is 493 g/mol. The van der Waals surface area contributed by atoms with E-state index >= 15 is 0 Å². The number of carbonyl (C=O) groups excluding carboxylic acids is 1. The maximum Gasteiger partial charge on any atom is 0.221 e. The Balaban J connectivity index is 1.58. The van der Waals surface area contributed by atoms with Crippen molar-refractivity contribution in [1.82, 2.24) is 20.4 Å². The standard InChI is InChI=1S/C27H35N5O2S/c1-17(2)34-24-13-12-18(16-23(24)28-3)26-30-31-27(35-26)21-10-6-9-20-19(21)8-7-11-22(20)29-25(33)14-15-32(4)5/h6,9-10,12-13,16-17,22,28H,7-8,11,14-15H2,1-5H3,(H,29,33)/t22-/m0/s1. The third-order valence-electron chi connectivity index (χ3n) is 6.14. The molecule has 2 N–H and O–H groups in total. The smallest absolute Gasteiger partial charge is 0.221 e. The lowest BCUT2D eigenvalue weighted by atomic mass is 9.85. The summed E-state index contributed by atoms with van der Waals surface area (Å²) in [6.45, 7) is 4.79. The number of nitrogens with zero attached hydrogens (tertiary/aromatic N) is 3. The molecule has 0 fully saturated rings. The first kappa shape index (κ1) is 25.1. The van der Waals surface area contributed by atoms with Crippen molar-refractivity contribution in [3.8, 4) is 26.9 Å². The summed E-state index contributed by atoms with van der Waals surface area (Å²) in [5, 5.41) is 17.3. The molecule has 4 rings (SSSR count). The summed E-state index contributed by atoms with van der Waals surface area (Å²) >= 11 is 1.59. The number of anilines is 1. The molecule has 0 unspecified atom stereocenters. The minimum atomic E-state index is 0.0486. The highest BCUT2D eigenvalue weighted by Crippen LogP contribution is 2.39. The van der Waals surface area contributed by atoms with Gasteiger partial charge in [0.15, 0.2) is 0 Å². The van der Waals surface area contributed by atoms with Crippen molar-refractivity contribution in [3.05, 3.63) is 47.5 Å². The summed E-state index contributed by atoms with van der Waals surface area (Å²) in [6.07, 6.45) is 3.59. The van der Waals surface area contributed by atoms with E-state index in [0.29, 0.717) is 6.42 Å². The van der Waals surface area contributed by atoms with Gasteiger partial charge in [-0.15, -0.1) is 10.2 Å². The minimum Gasteiger partial charge on any atom is -0.489 e. The van der Waals surface area contributed by atoms with Gasteiger partial charge in [-0.2, -0.15) is 0 Å². The van der Waals surface area contributed by atoms with E-state index in [1.54, 1.807) is 11.3 Å². The van der Waals surface area contributed by atoms with Gasteiger partial charge < -0.3 is 20.3 Å². The Labute approximate surface area is 211 Å². The number of ether oxygens (including phenoxy) is 1. The Kier molecular flexibility index (Phi) is 8.03. The lowest BCUT2D eigenvalue weighted by Crippen LogP contribution is -2.33. The molecular weight excluding hydrogens is 458 g/mol. The van der Waals surface area contributed by atoms with Gasteiger partial charge >= 0.3 is 0 Å². The molecule has 0 aliphatic heterocycles. The van der Waals surface area contributed by atoms with E-state index in [1.807, 2.05) is 52.0 Å². The van der Waals surface area contributed by atoms with Gasteiger partial charge in [-0.25, -0.2) is 0 Å². The summed E-state index contributed by atoms with van der Waals surface area (Å²) in [5.41, 5.74) is 5.53. The van der Waals surface area contributed by atoms with Crippen LogP contribution in [0.1, 0.15) is 50.3 Å². The number of hydrogen-bond acceptors (Lipinski definition) is 7. The van der Waals surface area contributed by atoms with Crippen LogP contribution in [0.4, 0.5) is 5.69 Å². The van der Waals surface area contributed by atoms with Crippen LogP contribution in [0.25, 0.3) is 21.1 Å². The van der Waals surface area contributed by atoms with Crippen LogP contribution in [0.3, 0.4) is 0 Å². The van der Waals surface area contributed by atoms with Crippen molar-refractivity contribution in [2.45, 2.75) is 51.7 Å². The van der Waals surface area contributed by atoms with Gasteiger partial charge in [-0.1, -0.05) is 29.5 Å². The summed E-state index contributed by atoms with van der Waals surface area (Å²) in [4.78, 5) is 14.5. The molecule has 1 aromatic heterocycles. The van der Waals surface area contributed by atoms with E-state index in [0.717, 1.165) is 58.4 Å². The molecule has 0 saturated heterocycles. The molecule has 0 spiro atoms. The summed E-state index contributed by atoms with van der Waals surface area (Å²) in [5.74, 6) is 0.928. The molecule has 3 aromatic rings. The van der Waals surface area contributed by atoms with E-state index in [-0.39, 0.29) is 18.1 Å². The van der Waals surface area contributed by atoms with Gasteiger partial charge in [0, 0.05) is 31.1 Å². The SMILES string of the molecule is CNc1cc(-c2nnc(-c3cccc4c3CCC[C@@H]4NC(=O)CCN(C)C)s2)ccc1OC(C)C. The number of fused-ring (bicyclic) bond motifs is 1. The van der Waals surface area contributed by atoms with Crippen LogP contribution in [0.2, 0.25) is 0 Å². The van der Waals surface area contributed by atoms with Crippen LogP contribution in [0, 0.1) is 0 Å². The number of nitrogens with one attached hydrogen (secondary N) is 2. The van der Waals surface area contributed by atoms with Gasteiger partial charge in [0.25, 0.3) is 0 Å². The average Bonchev–Trinajstić information content (AvgIpc) is 3.32. The first-order valence-electron chi connectivity index (χ1n) is 12.2. The van der Waals surface area contributed by atoms with Crippen molar-refractivity contribution < 1.29 is 9.53 Å². The van der Waals surface area contributed by atoms with Crippen molar-refractivity contribution in [2.75, 3.05) is 33.0 Å². The molecule has 186 valence electrons. The first-order chi connectivity index (χ1) is 16.9. The second-order valence-electron chi connectivity index (χ2n) is 9.48. The number of carbonyl (C=O) groups is 1. The quantitative estimate of drug-likeness (QED) is 0.429. The molecule has 1 atom stereocenters. The third kappa shape index (κ3) is 6.00. The van der Waals surface area contributed by atoms with Crippen LogP contribution >= 0.6 is 11.3 Å². The van der Waals surface area contributed by atoms with E-state index in [4.69, 9.17) is 4.74 Å². The fraction of sp³-hybridized carbons (Fsp3) is 0.444. The third-order valence-corrected chi connectivity index (χ3v) is 7.15. The molecule has 1 aliphatic rings. The van der Waals surface area contributed by atoms with Gasteiger partial charge in [0.05, 0.1) is 17.8 Å². The Morgan fingerprint density at radius 3 is 2.74 bits per heavy atom. The lowest BCUT2D eigenvalue weighted by molar-refractivity contribution is -0.122. The Morgan fingerprint density at radius 1 is 1.20 bits per heavy atom. The van der Waals surface area contributed by atoms with Crippen molar-refractivity contribution >= 4 is 22.9 Å². The van der Waals surface area contributed by atoms with Crippen LogP contribution in [0.15, 0.2) is 36.4 Å². The molecular formula is C27H35N5O2S. The number of benzene rings is 2. The Morgan fingerprint density at radius 2 is 2.00 bits per heavy atom. The van der Waals surface area contributed by atoms with E-state index in [2.05, 4.69) is 45.1 Å². The van der Waals surface area contributed by atoms with Crippen molar-refractivity contribution in [2.24, 2.45) is 0 Å². The largest absolute Gasteiger partial charge is 0.489 e. The molecule has 0 radical (unpaired) electrons. The number of hydrogen-bond donors (Lipinski definition) is 2. The van der Waals surface area contributed by atoms with E-state index in [1.165, 1.54) is 11.1 Å². The van der Waals surface area contributed by atoms with Gasteiger partial charge in [0.1, 0.15) is 15.8 Å². The summed E-state index contributed by atoms with van der Waals surface area (Å²) < 4.78 is 5.90. The van der Waals surface area contributed by atoms with Crippen LogP contribution in [-0.2, 0) is 11.2 Å². The van der Waals surface area contributed by atoms with E-state index in [9.17, 15) is 4.79 Å². The molecule has 0 bridgehead atoms. The molecule has 1 heterocycles. The molecule has 2 aromatic carbocycles. The Bertz CT molecular complexity index is 1170. The average molecular weight is 494 g/mol. The summed E-state index contributed by atoms with van der Waals surface area (Å²) in [6, 6.07) is 12.5. The van der Waals surface area contributed by atoms with Crippen LogP contribution < -0.4 is 15.4 Å². The normalized spacial score (nSPS) is 15.2. The molecule has 1 amide bonds. The van der Waals surface area contributed by atoms with Crippen LogP contribution in [-0.4, -0.2) is 54.8 Å². The predicted octanol–water partition coefficient (Wildman–Crippen LogP) is 5.15. The zero-order valence-electron chi connectivity index (χ0n) is 21.2. The van der Waals surface area contributed by atoms with Crippen molar-refractivity contribution in [3.63, 3.8) is 0 Å². The second kappa shape index (κ2) is 11.2. The first-order valence-corrected chi connectivity index (χ1v) is 13.1. The zero-order valence-corrected chi connectivity index (χ0v) is 22.0. The lowest BCUT2D eigenvalue weighted by Gasteiger charge is -2.28. The van der Waals surface area contributed by atoms with E-state index < -0.39 is 0 Å². The maximum atomic E-state index is 12.5. The molecule has 8 heteroatoms. The van der Waals surface area contributed by atoms with Crippen molar-refractivity contribution in [1.29, 1.82) is 0 Å². The van der Waals surface area contributed by atoms with Gasteiger partial charge in [0.2, 0.25) is 5.91 Å². The molecule has 1 aliphatic carbocycles.